The number of carbonyl (C=O) groups excluding carboxylic acids is 2. The lowest BCUT2D eigenvalue weighted by molar-refractivity contribution is -0.140. The monoisotopic (exact) mass is 454 g/mol. The molecule has 2 aromatic rings. The summed E-state index contributed by atoms with van der Waals surface area (Å²) in [5.41, 5.74) is 1.90. The molecule has 1 N–H and O–H groups in total. The van der Waals surface area contributed by atoms with Crippen molar-refractivity contribution in [1.82, 2.24) is 10.2 Å². The first kappa shape index (κ1) is 24.4. The maximum absolute atomic E-state index is 13.3. The van der Waals surface area contributed by atoms with Gasteiger partial charge in [0.2, 0.25) is 11.8 Å². The van der Waals surface area contributed by atoms with Gasteiger partial charge in [0.05, 0.1) is 7.11 Å². The number of nitrogens with one attached hydrogen (secondary N) is 1. The summed E-state index contributed by atoms with van der Waals surface area (Å²) in [7, 11) is 1.61. The molecular weight excluding hydrogens is 420 g/mol. The van der Waals surface area contributed by atoms with Gasteiger partial charge >= 0.3 is 0 Å². The van der Waals surface area contributed by atoms with E-state index in [1.807, 2.05) is 56.3 Å². The number of aryl methyl sites for hydroxylation is 1. The van der Waals surface area contributed by atoms with E-state index >= 15 is 0 Å². The number of amides is 2. The zero-order valence-electron chi connectivity index (χ0n) is 19.9. The first-order valence-electron chi connectivity index (χ1n) is 11.5. The van der Waals surface area contributed by atoms with Gasteiger partial charge in [0, 0.05) is 19.5 Å². The third-order valence-electron chi connectivity index (χ3n) is 5.57. The van der Waals surface area contributed by atoms with Crippen LogP contribution in [0.25, 0.3) is 0 Å². The van der Waals surface area contributed by atoms with Gasteiger partial charge in [-0.2, -0.15) is 0 Å². The molecule has 178 valence electrons. The molecule has 33 heavy (non-hydrogen) atoms. The van der Waals surface area contributed by atoms with Gasteiger partial charge in [-0.25, -0.2) is 0 Å². The minimum absolute atomic E-state index is 0.0834. The zero-order valence-corrected chi connectivity index (χ0v) is 19.9. The molecule has 1 atom stereocenters. The van der Waals surface area contributed by atoms with E-state index in [-0.39, 0.29) is 18.2 Å². The molecule has 0 bridgehead atoms. The number of hydrogen-bond donors (Lipinski definition) is 1. The predicted octanol–water partition coefficient (Wildman–Crippen LogP) is 3.59. The molecule has 0 radical (unpaired) electrons. The molecule has 1 aliphatic heterocycles. The smallest absolute Gasteiger partial charge is 0.242 e. The first-order chi connectivity index (χ1) is 15.9. The first-order valence-corrected chi connectivity index (χ1v) is 11.5. The summed E-state index contributed by atoms with van der Waals surface area (Å²) in [6.07, 6.45) is 0.829. The molecule has 0 aliphatic carbocycles. The summed E-state index contributed by atoms with van der Waals surface area (Å²) in [6.45, 7) is 7.81. The van der Waals surface area contributed by atoms with Crippen LogP contribution >= 0.6 is 0 Å². The predicted molar refractivity (Wildman–Crippen MR) is 127 cm³/mol. The van der Waals surface area contributed by atoms with Gasteiger partial charge in [-0.3, -0.25) is 9.59 Å². The normalized spacial score (nSPS) is 13.4. The highest BCUT2D eigenvalue weighted by Crippen LogP contribution is 2.31. The maximum atomic E-state index is 13.3. The molecule has 0 saturated heterocycles. The summed E-state index contributed by atoms with van der Waals surface area (Å²) >= 11 is 0. The highest BCUT2D eigenvalue weighted by molar-refractivity contribution is 5.87. The fraction of sp³-hybridized carbons (Fsp3) is 0.462. The van der Waals surface area contributed by atoms with Gasteiger partial charge < -0.3 is 24.4 Å². The lowest BCUT2D eigenvalue weighted by Gasteiger charge is -2.29. The number of methoxy groups -OCH3 is 1. The highest BCUT2D eigenvalue weighted by atomic mass is 16.6. The standard InChI is InChI=1S/C26H34N2O5/c1-18(2)16-27-26(30)19(3)28(17-21-6-5-7-22(14-21)31-4)25(29)11-9-20-8-10-23-24(15-20)33-13-12-32-23/h5-8,10,14-15,18-19H,9,11-13,16-17H2,1-4H3,(H,27,30)/t19-/m1/s1. The Morgan fingerprint density at radius 2 is 1.79 bits per heavy atom. The number of benzene rings is 2. The van der Waals surface area contributed by atoms with Crippen LogP contribution in [0.3, 0.4) is 0 Å². The van der Waals surface area contributed by atoms with Crippen LogP contribution in [0.1, 0.15) is 38.3 Å². The third-order valence-corrected chi connectivity index (χ3v) is 5.57. The maximum Gasteiger partial charge on any atom is 0.242 e. The molecule has 0 fully saturated rings. The molecule has 1 heterocycles. The molecule has 7 heteroatoms. The van der Waals surface area contributed by atoms with Crippen molar-refractivity contribution in [1.29, 1.82) is 0 Å². The van der Waals surface area contributed by atoms with Crippen molar-refractivity contribution in [2.24, 2.45) is 5.92 Å². The van der Waals surface area contributed by atoms with Crippen LogP contribution in [0, 0.1) is 5.92 Å². The van der Waals surface area contributed by atoms with E-state index in [9.17, 15) is 9.59 Å². The second-order valence-corrected chi connectivity index (χ2v) is 8.67. The van der Waals surface area contributed by atoms with Crippen LogP contribution in [-0.2, 0) is 22.6 Å². The summed E-state index contributed by atoms with van der Waals surface area (Å²) < 4.78 is 16.5. The largest absolute Gasteiger partial charge is 0.497 e. The minimum Gasteiger partial charge on any atom is -0.497 e. The molecular formula is C26H34N2O5. The molecule has 0 saturated carbocycles. The average molecular weight is 455 g/mol. The third kappa shape index (κ3) is 6.88. The molecule has 2 amide bonds. The summed E-state index contributed by atoms with van der Waals surface area (Å²) in [4.78, 5) is 27.7. The number of carbonyl (C=O) groups is 2. The topological polar surface area (TPSA) is 77.1 Å². The van der Waals surface area contributed by atoms with Gasteiger partial charge in [0.1, 0.15) is 25.0 Å². The number of rotatable bonds is 10. The van der Waals surface area contributed by atoms with Crippen molar-refractivity contribution >= 4 is 11.8 Å². The second kappa shape index (κ2) is 11.6. The van der Waals surface area contributed by atoms with E-state index in [1.165, 1.54) is 0 Å². The second-order valence-electron chi connectivity index (χ2n) is 8.67. The Hall–Kier alpha value is -3.22. The lowest BCUT2D eigenvalue weighted by atomic mass is 10.1. The molecule has 2 aromatic carbocycles. The van der Waals surface area contributed by atoms with Gasteiger partial charge in [0.25, 0.3) is 0 Å². The summed E-state index contributed by atoms with van der Waals surface area (Å²) in [5.74, 6) is 2.25. The van der Waals surface area contributed by atoms with Crippen LogP contribution in [0.4, 0.5) is 0 Å². The Labute approximate surface area is 196 Å². The molecule has 1 aliphatic rings. The van der Waals surface area contributed by atoms with Crippen molar-refractivity contribution in [2.75, 3.05) is 26.9 Å². The van der Waals surface area contributed by atoms with Crippen LogP contribution in [0.2, 0.25) is 0 Å². The Morgan fingerprint density at radius 1 is 1.03 bits per heavy atom. The molecule has 0 spiro atoms. The number of fused-ring (bicyclic) bond motifs is 1. The molecule has 7 nitrogen and oxygen atoms in total. The van der Waals surface area contributed by atoms with Gasteiger partial charge in [-0.05, 0) is 54.7 Å². The van der Waals surface area contributed by atoms with E-state index in [0.29, 0.717) is 50.1 Å². The Bertz CT molecular complexity index is 959. The Morgan fingerprint density at radius 3 is 2.52 bits per heavy atom. The fourth-order valence-corrected chi connectivity index (χ4v) is 3.64. The minimum atomic E-state index is -0.595. The van der Waals surface area contributed by atoms with E-state index in [4.69, 9.17) is 14.2 Å². The van der Waals surface area contributed by atoms with E-state index < -0.39 is 6.04 Å². The van der Waals surface area contributed by atoms with Crippen molar-refractivity contribution in [3.63, 3.8) is 0 Å². The quantitative estimate of drug-likeness (QED) is 0.594. The summed E-state index contributed by atoms with van der Waals surface area (Å²) in [6, 6.07) is 12.7. The van der Waals surface area contributed by atoms with E-state index in [1.54, 1.807) is 18.9 Å². The zero-order chi connectivity index (χ0) is 23.8. The van der Waals surface area contributed by atoms with Crippen LogP contribution < -0.4 is 19.5 Å². The van der Waals surface area contributed by atoms with Gasteiger partial charge in [-0.15, -0.1) is 0 Å². The SMILES string of the molecule is COc1cccc(CN(C(=O)CCc2ccc3c(c2)OCCO3)[C@H](C)C(=O)NCC(C)C)c1. The fourth-order valence-electron chi connectivity index (χ4n) is 3.64. The Balaban J connectivity index is 1.72. The Kier molecular flexibility index (Phi) is 8.58. The highest BCUT2D eigenvalue weighted by Gasteiger charge is 2.26. The number of hydrogen-bond acceptors (Lipinski definition) is 5. The average Bonchev–Trinajstić information content (AvgIpc) is 2.83. The molecule has 0 unspecified atom stereocenters. The van der Waals surface area contributed by atoms with Crippen molar-refractivity contribution in [2.45, 2.75) is 46.2 Å². The van der Waals surface area contributed by atoms with E-state index in [2.05, 4.69) is 5.32 Å². The summed E-state index contributed by atoms with van der Waals surface area (Å²) in [5, 5.41) is 2.95. The van der Waals surface area contributed by atoms with Gasteiger partial charge in [0.15, 0.2) is 11.5 Å². The molecule has 3 rings (SSSR count). The van der Waals surface area contributed by atoms with Crippen molar-refractivity contribution < 1.29 is 23.8 Å². The lowest BCUT2D eigenvalue weighted by Crippen LogP contribution is -2.48. The van der Waals surface area contributed by atoms with Crippen molar-refractivity contribution in [3.05, 3.63) is 53.6 Å². The van der Waals surface area contributed by atoms with Crippen LogP contribution in [0.15, 0.2) is 42.5 Å². The van der Waals surface area contributed by atoms with Gasteiger partial charge in [-0.1, -0.05) is 32.0 Å². The number of nitrogens with zero attached hydrogens (tertiary/aromatic N) is 1. The van der Waals surface area contributed by atoms with Crippen molar-refractivity contribution in [3.8, 4) is 17.2 Å². The molecule has 0 aromatic heterocycles. The van der Waals surface area contributed by atoms with Crippen LogP contribution in [-0.4, -0.2) is 49.6 Å². The van der Waals surface area contributed by atoms with Crippen LogP contribution in [0.5, 0.6) is 17.2 Å². The van der Waals surface area contributed by atoms with E-state index in [0.717, 1.165) is 16.9 Å². The number of ether oxygens (including phenoxy) is 3.